The highest BCUT2D eigenvalue weighted by Crippen LogP contribution is 2.45. The highest BCUT2D eigenvalue weighted by molar-refractivity contribution is 5.94. The van der Waals surface area contributed by atoms with Crippen molar-refractivity contribution in [2.75, 3.05) is 19.0 Å². The summed E-state index contributed by atoms with van der Waals surface area (Å²) in [6, 6.07) is 5.79. The number of carbonyl (C=O) groups excluding carboxylic acids is 1. The quantitative estimate of drug-likeness (QED) is 0.942. The first-order valence-electron chi connectivity index (χ1n) is 7.69. The number of anilines is 1. The van der Waals surface area contributed by atoms with E-state index < -0.39 is 0 Å². The minimum atomic E-state index is -0.0934. The van der Waals surface area contributed by atoms with E-state index in [9.17, 15) is 4.79 Å². The first-order chi connectivity index (χ1) is 11.1. The van der Waals surface area contributed by atoms with Crippen LogP contribution >= 0.6 is 0 Å². The van der Waals surface area contributed by atoms with Crippen molar-refractivity contribution in [2.45, 2.75) is 26.2 Å². The van der Waals surface area contributed by atoms with E-state index >= 15 is 0 Å². The fraction of sp³-hybridized carbons (Fsp3) is 0.412. The molecule has 1 aliphatic rings. The SMILES string of the molecule is CCOc1c(OC)cccc1[C@H]1CC(=O)Nc2c1c(C)nn2C. The Labute approximate surface area is 135 Å². The van der Waals surface area contributed by atoms with Gasteiger partial charge in [-0.1, -0.05) is 12.1 Å². The predicted octanol–water partition coefficient (Wildman–Crippen LogP) is 2.61. The summed E-state index contributed by atoms with van der Waals surface area (Å²) >= 11 is 0. The minimum absolute atomic E-state index is 0.0178. The van der Waals surface area contributed by atoms with Crippen LogP contribution < -0.4 is 14.8 Å². The number of amides is 1. The Morgan fingerprint density at radius 1 is 1.43 bits per heavy atom. The van der Waals surface area contributed by atoms with E-state index in [1.54, 1.807) is 11.8 Å². The number of methoxy groups -OCH3 is 1. The van der Waals surface area contributed by atoms with Crippen LogP contribution in [0.3, 0.4) is 0 Å². The third-order valence-corrected chi connectivity index (χ3v) is 4.16. The number of hydrogen-bond acceptors (Lipinski definition) is 4. The highest BCUT2D eigenvalue weighted by Gasteiger charge is 2.33. The molecule has 0 fully saturated rings. The summed E-state index contributed by atoms with van der Waals surface area (Å²) in [5.74, 6) is 2.03. The maximum absolute atomic E-state index is 12.2. The van der Waals surface area contributed by atoms with Crippen LogP contribution in [-0.2, 0) is 11.8 Å². The summed E-state index contributed by atoms with van der Waals surface area (Å²) in [6.45, 7) is 4.43. The molecule has 0 radical (unpaired) electrons. The van der Waals surface area contributed by atoms with Crippen molar-refractivity contribution in [2.24, 2.45) is 7.05 Å². The number of aryl methyl sites for hydroxylation is 2. The number of nitrogens with one attached hydrogen (secondary N) is 1. The van der Waals surface area contributed by atoms with E-state index in [0.29, 0.717) is 24.5 Å². The van der Waals surface area contributed by atoms with Gasteiger partial charge in [0, 0.05) is 30.5 Å². The maximum atomic E-state index is 12.2. The van der Waals surface area contributed by atoms with Crippen LogP contribution in [0.2, 0.25) is 0 Å². The smallest absolute Gasteiger partial charge is 0.226 e. The largest absolute Gasteiger partial charge is 0.493 e. The maximum Gasteiger partial charge on any atom is 0.226 e. The van der Waals surface area contributed by atoms with Crippen LogP contribution in [0.1, 0.15) is 36.1 Å². The number of nitrogens with zero attached hydrogens (tertiary/aromatic N) is 2. The van der Waals surface area contributed by atoms with E-state index in [0.717, 1.165) is 22.6 Å². The van der Waals surface area contributed by atoms with Crippen molar-refractivity contribution < 1.29 is 14.3 Å². The first kappa shape index (κ1) is 15.4. The van der Waals surface area contributed by atoms with Crippen molar-refractivity contribution in [3.05, 3.63) is 35.0 Å². The number of ether oxygens (including phenoxy) is 2. The van der Waals surface area contributed by atoms with Gasteiger partial charge in [-0.25, -0.2) is 0 Å². The van der Waals surface area contributed by atoms with E-state index in [1.165, 1.54) is 0 Å². The lowest BCUT2D eigenvalue weighted by Gasteiger charge is -2.26. The molecule has 6 nitrogen and oxygen atoms in total. The number of benzene rings is 1. The Hall–Kier alpha value is -2.50. The Balaban J connectivity index is 2.18. The van der Waals surface area contributed by atoms with Crippen LogP contribution in [0.25, 0.3) is 0 Å². The third-order valence-electron chi connectivity index (χ3n) is 4.16. The molecule has 0 saturated carbocycles. The molecule has 2 aromatic rings. The lowest BCUT2D eigenvalue weighted by Crippen LogP contribution is -2.25. The number of para-hydroxylation sites is 1. The molecule has 0 aliphatic carbocycles. The van der Waals surface area contributed by atoms with Crippen LogP contribution in [0, 0.1) is 6.92 Å². The van der Waals surface area contributed by atoms with Gasteiger partial charge in [0.2, 0.25) is 5.91 Å². The summed E-state index contributed by atoms with van der Waals surface area (Å²) in [6.07, 6.45) is 0.368. The zero-order valence-electron chi connectivity index (χ0n) is 13.8. The normalized spacial score (nSPS) is 16.7. The summed E-state index contributed by atoms with van der Waals surface area (Å²) < 4.78 is 13.0. The average Bonchev–Trinajstić information content (AvgIpc) is 2.81. The Bertz CT molecular complexity index is 752. The fourth-order valence-corrected chi connectivity index (χ4v) is 3.24. The topological polar surface area (TPSA) is 65.4 Å². The lowest BCUT2D eigenvalue weighted by molar-refractivity contribution is -0.116. The minimum Gasteiger partial charge on any atom is -0.493 e. The molecule has 3 rings (SSSR count). The van der Waals surface area contributed by atoms with Gasteiger partial charge in [0.1, 0.15) is 5.82 Å². The number of rotatable bonds is 4. The molecule has 1 N–H and O–H groups in total. The number of fused-ring (bicyclic) bond motifs is 1. The zero-order valence-corrected chi connectivity index (χ0v) is 13.8. The molecule has 2 heterocycles. The first-order valence-corrected chi connectivity index (χ1v) is 7.69. The standard InChI is InChI=1S/C17H21N3O3/c1-5-23-16-11(7-6-8-13(16)22-4)12-9-14(21)18-17-15(12)10(2)19-20(17)3/h6-8,12H,5,9H2,1-4H3,(H,18,21)/t12-/m1/s1. The second kappa shape index (κ2) is 5.95. The second-order valence-electron chi connectivity index (χ2n) is 5.59. The number of carbonyl (C=O) groups is 1. The van der Waals surface area contributed by atoms with Crippen LogP contribution in [0.15, 0.2) is 18.2 Å². The van der Waals surface area contributed by atoms with Crippen molar-refractivity contribution in [3.8, 4) is 11.5 Å². The van der Waals surface area contributed by atoms with Crippen molar-refractivity contribution in [1.82, 2.24) is 9.78 Å². The molecule has 1 aromatic carbocycles. The Morgan fingerprint density at radius 3 is 2.91 bits per heavy atom. The molecule has 0 saturated heterocycles. The van der Waals surface area contributed by atoms with Gasteiger partial charge >= 0.3 is 0 Å². The molecule has 6 heteroatoms. The number of aromatic nitrogens is 2. The van der Waals surface area contributed by atoms with Crippen molar-refractivity contribution in [3.63, 3.8) is 0 Å². The highest BCUT2D eigenvalue weighted by atomic mass is 16.5. The van der Waals surface area contributed by atoms with Gasteiger partial charge < -0.3 is 14.8 Å². The van der Waals surface area contributed by atoms with Gasteiger partial charge in [-0.05, 0) is 19.9 Å². The van der Waals surface area contributed by atoms with E-state index in [1.807, 2.05) is 39.1 Å². The van der Waals surface area contributed by atoms with Gasteiger partial charge in [-0.3, -0.25) is 9.48 Å². The van der Waals surface area contributed by atoms with Crippen molar-refractivity contribution >= 4 is 11.7 Å². The van der Waals surface area contributed by atoms with Gasteiger partial charge in [-0.15, -0.1) is 0 Å². The average molecular weight is 315 g/mol. The molecule has 0 spiro atoms. The van der Waals surface area contributed by atoms with Gasteiger partial charge in [-0.2, -0.15) is 5.10 Å². The lowest BCUT2D eigenvalue weighted by atomic mass is 9.85. The molecule has 23 heavy (non-hydrogen) atoms. The number of hydrogen-bond donors (Lipinski definition) is 1. The van der Waals surface area contributed by atoms with Gasteiger partial charge in [0.25, 0.3) is 0 Å². The van der Waals surface area contributed by atoms with Gasteiger partial charge in [0.05, 0.1) is 19.4 Å². The molecule has 1 atom stereocenters. The zero-order chi connectivity index (χ0) is 16.6. The summed E-state index contributed by atoms with van der Waals surface area (Å²) in [4.78, 5) is 12.2. The summed E-state index contributed by atoms with van der Waals surface area (Å²) in [5.41, 5.74) is 2.91. The molecule has 122 valence electrons. The second-order valence-corrected chi connectivity index (χ2v) is 5.59. The summed E-state index contributed by atoms with van der Waals surface area (Å²) in [7, 11) is 3.46. The molecule has 0 bridgehead atoms. The molecule has 1 aromatic heterocycles. The van der Waals surface area contributed by atoms with Crippen LogP contribution in [-0.4, -0.2) is 29.4 Å². The Kier molecular flexibility index (Phi) is 3.98. The monoisotopic (exact) mass is 315 g/mol. The molecular formula is C17H21N3O3. The van der Waals surface area contributed by atoms with Crippen LogP contribution in [0.5, 0.6) is 11.5 Å². The summed E-state index contributed by atoms with van der Waals surface area (Å²) in [5, 5.41) is 7.37. The van der Waals surface area contributed by atoms with E-state index in [-0.39, 0.29) is 11.8 Å². The molecular weight excluding hydrogens is 294 g/mol. The Morgan fingerprint density at radius 2 is 2.22 bits per heavy atom. The fourth-order valence-electron chi connectivity index (χ4n) is 3.24. The molecule has 0 unspecified atom stereocenters. The van der Waals surface area contributed by atoms with Gasteiger partial charge in [0.15, 0.2) is 11.5 Å². The van der Waals surface area contributed by atoms with E-state index in [4.69, 9.17) is 9.47 Å². The van der Waals surface area contributed by atoms with E-state index in [2.05, 4.69) is 10.4 Å². The molecule has 1 amide bonds. The molecule has 1 aliphatic heterocycles. The van der Waals surface area contributed by atoms with Crippen LogP contribution in [0.4, 0.5) is 5.82 Å². The van der Waals surface area contributed by atoms with Crippen molar-refractivity contribution in [1.29, 1.82) is 0 Å². The third kappa shape index (κ3) is 2.54. The predicted molar refractivity (Wildman–Crippen MR) is 87.2 cm³/mol.